The van der Waals surface area contributed by atoms with Crippen molar-refractivity contribution in [1.29, 1.82) is 0 Å². The third-order valence-corrected chi connectivity index (χ3v) is 5.72. The minimum Gasteiger partial charge on any atom is -0.444 e. The fourth-order valence-corrected chi connectivity index (χ4v) is 4.17. The number of aryl methyl sites for hydroxylation is 1. The summed E-state index contributed by atoms with van der Waals surface area (Å²) < 4.78 is 19.4. The van der Waals surface area contributed by atoms with Gasteiger partial charge in [0.1, 0.15) is 11.4 Å². The van der Waals surface area contributed by atoms with Gasteiger partial charge in [-0.05, 0) is 63.9 Å². The lowest BCUT2D eigenvalue weighted by atomic mass is 9.97. The molecule has 2 saturated heterocycles. The number of amides is 1. The lowest BCUT2D eigenvalue weighted by Gasteiger charge is -2.40. The summed E-state index contributed by atoms with van der Waals surface area (Å²) in [5, 5.41) is 4.12. The molecule has 1 aromatic rings. The van der Waals surface area contributed by atoms with E-state index in [-0.39, 0.29) is 24.0 Å². The van der Waals surface area contributed by atoms with Gasteiger partial charge >= 0.3 is 6.09 Å². The zero-order chi connectivity index (χ0) is 19.8. The summed E-state index contributed by atoms with van der Waals surface area (Å²) in [7, 11) is 0. The highest BCUT2D eigenvalue weighted by Gasteiger charge is 2.37. The van der Waals surface area contributed by atoms with E-state index in [2.05, 4.69) is 10.2 Å². The van der Waals surface area contributed by atoms with Crippen molar-refractivity contribution in [3.63, 3.8) is 0 Å². The van der Waals surface area contributed by atoms with Crippen LogP contribution >= 0.6 is 11.6 Å². The van der Waals surface area contributed by atoms with Crippen molar-refractivity contribution in [2.45, 2.75) is 51.8 Å². The van der Waals surface area contributed by atoms with Crippen LogP contribution in [0.25, 0.3) is 0 Å². The van der Waals surface area contributed by atoms with Crippen molar-refractivity contribution in [2.24, 2.45) is 0 Å². The Labute approximate surface area is 165 Å². The van der Waals surface area contributed by atoms with Crippen LogP contribution in [0.4, 0.5) is 9.18 Å². The van der Waals surface area contributed by atoms with Crippen LogP contribution in [0.1, 0.15) is 44.4 Å². The second-order valence-electron chi connectivity index (χ2n) is 8.42. The molecule has 5 nitrogen and oxygen atoms in total. The first-order valence-electron chi connectivity index (χ1n) is 9.56. The largest absolute Gasteiger partial charge is 0.444 e. The molecule has 1 amide bonds. The molecule has 150 valence electrons. The van der Waals surface area contributed by atoms with Crippen LogP contribution in [0.5, 0.6) is 0 Å². The molecule has 1 aromatic carbocycles. The fourth-order valence-electron chi connectivity index (χ4n) is 3.94. The molecule has 7 heteroatoms. The molecule has 0 saturated carbocycles. The van der Waals surface area contributed by atoms with Gasteiger partial charge in [0.15, 0.2) is 0 Å². The lowest BCUT2D eigenvalue weighted by Crippen LogP contribution is -2.53. The molecular formula is C20H29ClFN3O2. The SMILES string of the molecule is Cc1cc(F)cc([C@@H]2NCC[C@@H]2N2CCN(C(=O)OC(C)(C)C)CC2)c1Cl. The van der Waals surface area contributed by atoms with Gasteiger partial charge in [0.05, 0.1) is 0 Å². The molecule has 0 spiro atoms. The van der Waals surface area contributed by atoms with Gasteiger partial charge in [0, 0.05) is 43.3 Å². The normalized spacial score (nSPS) is 24.3. The Morgan fingerprint density at radius 3 is 2.56 bits per heavy atom. The summed E-state index contributed by atoms with van der Waals surface area (Å²) in [5.74, 6) is -0.255. The second-order valence-corrected chi connectivity index (χ2v) is 8.80. The van der Waals surface area contributed by atoms with Crippen LogP contribution < -0.4 is 5.32 Å². The number of halogens is 2. The number of benzene rings is 1. The monoisotopic (exact) mass is 397 g/mol. The third kappa shape index (κ3) is 4.73. The quantitative estimate of drug-likeness (QED) is 0.825. The Morgan fingerprint density at radius 2 is 1.93 bits per heavy atom. The van der Waals surface area contributed by atoms with Crippen LogP contribution in [-0.4, -0.2) is 60.3 Å². The van der Waals surface area contributed by atoms with E-state index in [1.807, 2.05) is 27.7 Å². The molecule has 1 N–H and O–H groups in total. The van der Waals surface area contributed by atoms with Crippen LogP contribution in [0.2, 0.25) is 5.02 Å². The van der Waals surface area contributed by atoms with Crippen molar-refractivity contribution < 1.29 is 13.9 Å². The zero-order valence-corrected chi connectivity index (χ0v) is 17.3. The summed E-state index contributed by atoms with van der Waals surface area (Å²) in [6, 6.07) is 3.25. The topological polar surface area (TPSA) is 44.8 Å². The van der Waals surface area contributed by atoms with Gasteiger partial charge in [-0.15, -0.1) is 0 Å². The molecule has 0 unspecified atom stereocenters. The van der Waals surface area contributed by atoms with Crippen LogP contribution in [-0.2, 0) is 4.74 Å². The van der Waals surface area contributed by atoms with E-state index in [0.717, 1.165) is 37.2 Å². The minimum absolute atomic E-state index is 0.0000216. The maximum Gasteiger partial charge on any atom is 0.410 e. The first kappa shape index (κ1) is 20.4. The van der Waals surface area contributed by atoms with Crippen molar-refractivity contribution in [2.75, 3.05) is 32.7 Å². The van der Waals surface area contributed by atoms with E-state index in [9.17, 15) is 9.18 Å². The van der Waals surface area contributed by atoms with Gasteiger partial charge in [-0.2, -0.15) is 0 Å². The number of hydrogen-bond acceptors (Lipinski definition) is 4. The standard InChI is InChI=1S/C20H29ClFN3O2/c1-13-11-14(22)12-15(17(13)21)18-16(5-6-23-18)24-7-9-25(10-8-24)19(26)27-20(2,3)4/h11-12,16,18,23H,5-10H2,1-4H3/t16-,18-/m0/s1. The second kappa shape index (κ2) is 7.94. The lowest BCUT2D eigenvalue weighted by molar-refractivity contribution is 0.00964. The molecule has 2 aliphatic rings. The molecule has 0 aromatic heterocycles. The molecule has 2 atom stereocenters. The highest BCUT2D eigenvalue weighted by molar-refractivity contribution is 6.32. The number of nitrogens with zero attached hydrogens (tertiary/aromatic N) is 2. The summed E-state index contributed by atoms with van der Waals surface area (Å²) in [5.41, 5.74) is 1.10. The van der Waals surface area contributed by atoms with Crippen LogP contribution in [0.3, 0.4) is 0 Å². The Morgan fingerprint density at radius 1 is 1.26 bits per heavy atom. The van der Waals surface area contributed by atoms with E-state index in [4.69, 9.17) is 16.3 Å². The first-order valence-corrected chi connectivity index (χ1v) is 9.94. The molecular weight excluding hydrogens is 369 g/mol. The van der Waals surface area contributed by atoms with E-state index >= 15 is 0 Å². The summed E-state index contributed by atoms with van der Waals surface area (Å²) in [4.78, 5) is 16.4. The van der Waals surface area contributed by atoms with Crippen LogP contribution in [0.15, 0.2) is 12.1 Å². The molecule has 2 heterocycles. The van der Waals surface area contributed by atoms with Gasteiger partial charge < -0.3 is 15.0 Å². The van der Waals surface area contributed by atoms with Crippen molar-refractivity contribution >= 4 is 17.7 Å². The predicted octanol–water partition coefficient (Wildman–Crippen LogP) is 3.74. The number of rotatable bonds is 2. The third-order valence-electron chi connectivity index (χ3n) is 5.21. The number of carbonyl (C=O) groups is 1. The first-order chi connectivity index (χ1) is 12.7. The molecule has 27 heavy (non-hydrogen) atoms. The Balaban J connectivity index is 1.67. The minimum atomic E-state index is -0.485. The number of carbonyl (C=O) groups excluding carboxylic acids is 1. The average Bonchev–Trinajstić information content (AvgIpc) is 3.06. The summed E-state index contributed by atoms with van der Waals surface area (Å²) in [6.07, 6.45) is 0.718. The van der Waals surface area contributed by atoms with Crippen molar-refractivity contribution in [3.05, 3.63) is 34.1 Å². The smallest absolute Gasteiger partial charge is 0.410 e. The van der Waals surface area contributed by atoms with Gasteiger partial charge in [-0.25, -0.2) is 9.18 Å². The van der Waals surface area contributed by atoms with Gasteiger partial charge in [0.2, 0.25) is 0 Å². The average molecular weight is 398 g/mol. The van der Waals surface area contributed by atoms with Crippen molar-refractivity contribution in [3.8, 4) is 0 Å². The summed E-state index contributed by atoms with van der Waals surface area (Å²) >= 11 is 6.48. The molecule has 0 radical (unpaired) electrons. The van der Waals surface area contributed by atoms with E-state index in [1.54, 1.807) is 11.0 Å². The van der Waals surface area contributed by atoms with Gasteiger partial charge in [0.25, 0.3) is 0 Å². The maximum atomic E-state index is 13.9. The molecule has 2 aliphatic heterocycles. The van der Waals surface area contributed by atoms with E-state index in [1.165, 1.54) is 6.07 Å². The van der Waals surface area contributed by atoms with Crippen LogP contribution in [0, 0.1) is 12.7 Å². The van der Waals surface area contributed by atoms with Gasteiger partial charge in [-0.3, -0.25) is 4.90 Å². The number of nitrogens with one attached hydrogen (secondary N) is 1. The fraction of sp³-hybridized carbons (Fsp3) is 0.650. The van der Waals surface area contributed by atoms with E-state index in [0.29, 0.717) is 18.1 Å². The van der Waals surface area contributed by atoms with E-state index < -0.39 is 5.60 Å². The summed E-state index contributed by atoms with van der Waals surface area (Å²) in [6.45, 7) is 11.1. The highest BCUT2D eigenvalue weighted by Crippen LogP contribution is 2.35. The molecule has 2 fully saturated rings. The number of hydrogen-bond donors (Lipinski definition) is 1. The Hall–Kier alpha value is -1.37. The predicted molar refractivity (Wildman–Crippen MR) is 105 cm³/mol. The molecule has 0 aliphatic carbocycles. The number of piperazine rings is 1. The Kier molecular flexibility index (Phi) is 5.99. The number of ether oxygens (including phenoxy) is 1. The highest BCUT2D eigenvalue weighted by atomic mass is 35.5. The zero-order valence-electron chi connectivity index (χ0n) is 16.5. The maximum absolute atomic E-state index is 13.9. The van der Waals surface area contributed by atoms with Crippen molar-refractivity contribution in [1.82, 2.24) is 15.1 Å². The molecule has 0 bridgehead atoms. The van der Waals surface area contributed by atoms with Gasteiger partial charge in [-0.1, -0.05) is 11.6 Å². The molecule has 3 rings (SSSR count). The Bertz CT molecular complexity index is 699.